The van der Waals surface area contributed by atoms with Crippen molar-refractivity contribution >= 4 is 5.91 Å². The Morgan fingerprint density at radius 2 is 1.81 bits per heavy atom. The Labute approximate surface area is 154 Å². The van der Waals surface area contributed by atoms with E-state index in [0.717, 1.165) is 46.6 Å². The molecule has 4 rings (SSSR count). The second-order valence-corrected chi connectivity index (χ2v) is 7.38. The molecule has 2 aromatic rings. The van der Waals surface area contributed by atoms with E-state index in [1.165, 1.54) is 12.8 Å². The molecule has 0 unspecified atom stereocenters. The molecule has 0 saturated heterocycles. The van der Waals surface area contributed by atoms with Gasteiger partial charge in [0.15, 0.2) is 11.5 Å². The highest BCUT2D eigenvalue weighted by molar-refractivity contribution is 5.96. The molecule has 0 bridgehead atoms. The van der Waals surface area contributed by atoms with Gasteiger partial charge in [0.2, 0.25) is 6.79 Å². The average Bonchev–Trinajstić information content (AvgIpc) is 3.32. The van der Waals surface area contributed by atoms with E-state index in [2.05, 4.69) is 11.0 Å². The third-order valence-corrected chi connectivity index (χ3v) is 5.44. The van der Waals surface area contributed by atoms with Gasteiger partial charge in [-0.25, -0.2) is 0 Å². The fourth-order valence-electron chi connectivity index (χ4n) is 3.94. The third-order valence-electron chi connectivity index (χ3n) is 5.44. The van der Waals surface area contributed by atoms with Gasteiger partial charge in [0, 0.05) is 18.2 Å². The number of nitrogens with zero attached hydrogens (tertiary/aromatic N) is 1. The smallest absolute Gasteiger partial charge is 0.254 e. The molecule has 0 radical (unpaired) electrons. The molecule has 2 aromatic carbocycles. The van der Waals surface area contributed by atoms with Crippen molar-refractivity contribution in [1.82, 2.24) is 4.90 Å². The standard InChI is InChI=1S/C22H25NO3/c1-15-7-8-16(2)19(11-15)22(24)23(18-5-3-4-6-18)13-17-9-10-20-21(12-17)26-14-25-20/h7-12,18H,3-6,13-14H2,1-2H3. The molecular formula is C22H25NO3. The maximum atomic E-state index is 13.4. The van der Waals surface area contributed by atoms with Gasteiger partial charge >= 0.3 is 0 Å². The Bertz CT molecular complexity index is 824. The van der Waals surface area contributed by atoms with Crippen molar-refractivity contribution < 1.29 is 14.3 Å². The first-order valence-electron chi connectivity index (χ1n) is 9.38. The van der Waals surface area contributed by atoms with Crippen LogP contribution in [0.15, 0.2) is 36.4 Å². The molecule has 1 aliphatic carbocycles. The van der Waals surface area contributed by atoms with Crippen molar-refractivity contribution in [3.63, 3.8) is 0 Å². The number of hydrogen-bond acceptors (Lipinski definition) is 3. The highest BCUT2D eigenvalue weighted by atomic mass is 16.7. The number of carbonyl (C=O) groups is 1. The molecule has 4 heteroatoms. The van der Waals surface area contributed by atoms with Crippen molar-refractivity contribution in [2.45, 2.75) is 52.1 Å². The fraction of sp³-hybridized carbons (Fsp3) is 0.409. The van der Waals surface area contributed by atoms with Gasteiger partial charge in [0.1, 0.15) is 0 Å². The van der Waals surface area contributed by atoms with E-state index < -0.39 is 0 Å². The Hall–Kier alpha value is -2.49. The van der Waals surface area contributed by atoms with Gasteiger partial charge in [-0.15, -0.1) is 0 Å². The molecule has 0 aromatic heterocycles. The minimum atomic E-state index is 0.135. The summed E-state index contributed by atoms with van der Waals surface area (Å²) in [5, 5.41) is 0. The maximum absolute atomic E-state index is 13.4. The van der Waals surface area contributed by atoms with E-state index in [1.807, 2.05) is 44.2 Å². The van der Waals surface area contributed by atoms with Crippen LogP contribution >= 0.6 is 0 Å². The minimum absolute atomic E-state index is 0.135. The molecule has 2 aliphatic rings. The van der Waals surface area contributed by atoms with E-state index in [-0.39, 0.29) is 12.7 Å². The predicted octanol–water partition coefficient (Wildman–Crippen LogP) is 4.62. The highest BCUT2D eigenvalue weighted by Crippen LogP contribution is 2.34. The number of fused-ring (bicyclic) bond motifs is 1. The number of benzene rings is 2. The molecule has 136 valence electrons. The van der Waals surface area contributed by atoms with E-state index in [9.17, 15) is 4.79 Å². The number of carbonyl (C=O) groups excluding carboxylic acids is 1. The molecule has 1 saturated carbocycles. The molecule has 0 N–H and O–H groups in total. The zero-order chi connectivity index (χ0) is 18.1. The van der Waals surface area contributed by atoms with Crippen LogP contribution in [0, 0.1) is 13.8 Å². The summed E-state index contributed by atoms with van der Waals surface area (Å²) in [6.07, 6.45) is 4.56. The molecule has 4 nitrogen and oxygen atoms in total. The highest BCUT2D eigenvalue weighted by Gasteiger charge is 2.29. The summed E-state index contributed by atoms with van der Waals surface area (Å²) < 4.78 is 10.9. The topological polar surface area (TPSA) is 38.8 Å². The largest absolute Gasteiger partial charge is 0.454 e. The van der Waals surface area contributed by atoms with Crippen LogP contribution in [-0.4, -0.2) is 23.6 Å². The SMILES string of the molecule is Cc1ccc(C)c(C(=O)N(Cc2ccc3c(c2)OCO3)C2CCCC2)c1. The second kappa shape index (κ2) is 7.02. The van der Waals surface area contributed by atoms with E-state index in [0.29, 0.717) is 12.6 Å². The number of amides is 1. The Morgan fingerprint density at radius 1 is 1.04 bits per heavy atom. The zero-order valence-electron chi connectivity index (χ0n) is 15.5. The molecule has 1 heterocycles. The number of rotatable bonds is 4. The van der Waals surface area contributed by atoms with Gasteiger partial charge < -0.3 is 14.4 Å². The second-order valence-electron chi connectivity index (χ2n) is 7.38. The van der Waals surface area contributed by atoms with Crippen molar-refractivity contribution in [3.8, 4) is 11.5 Å². The molecule has 0 spiro atoms. The number of ether oxygens (including phenoxy) is 2. The summed E-state index contributed by atoms with van der Waals surface area (Å²) in [4.78, 5) is 15.5. The molecule has 26 heavy (non-hydrogen) atoms. The molecule has 1 fully saturated rings. The molecule has 1 amide bonds. The monoisotopic (exact) mass is 351 g/mol. The van der Waals surface area contributed by atoms with Crippen LogP contribution in [0.4, 0.5) is 0 Å². The first-order chi connectivity index (χ1) is 12.6. The Kier molecular flexibility index (Phi) is 4.58. The van der Waals surface area contributed by atoms with Crippen LogP contribution in [0.5, 0.6) is 11.5 Å². The van der Waals surface area contributed by atoms with Gasteiger partial charge in [0.25, 0.3) is 5.91 Å². The normalized spacial score (nSPS) is 16.1. The lowest BCUT2D eigenvalue weighted by Crippen LogP contribution is -2.38. The van der Waals surface area contributed by atoms with Gasteiger partial charge in [-0.2, -0.15) is 0 Å². The molecular weight excluding hydrogens is 326 g/mol. The van der Waals surface area contributed by atoms with Gasteiger partial charge in [-0.1, -0.05) is 36.6 Å². The Morgan fingerprint density at radius 3 is 2.62 bits per heavy atom. The van der Waals surface area contributed by atoms with Crippen LogP contribution < -0.4 is 9.47 Å². The van der Waals surface area contributed by atoms with Gasteiger partial charge in [0.05, 0.1) is 0 Å². The summed E-state index contributed by atoms with van der Waals surface area (Å²) in [6.45, 7) is 4.92. The summed E-state index contributed by atoms with van der Waals surface area (Å²) in [5.74, 6) is 1.69. The predicted molar refractivity (Wildman–Crippen MR) is 101 cm³/mol. The average molecular weight is 351 g/mol. The van der Waals surface area contributed by atoms with E-state index >= 15 is 0 Å². The summed E-state index contributed by atoms with van der Waals surface area (Å²) in [6, 6.07) is 12.4. The molecule has 0 atom stereocenters. The van der Waals surface area contributed by atoms with Crippen LogP contribution in [0.25, 0.3) is 0 Å². The van der Waals surface area contributed by atoms with E-state index in [1.54, 1.807) is 0 Å². The van der Waals surface area contributed by atoms with Crippen LogP contribution in [0.1, 0.15) is 52.7 Å². The van der Waals surface area contributed by atoms with Crippen molar-refractivity contribution in [3.05, 3.63) is 58.7 Å². The van der Waals surface area contributed by atoms with Crippen LogP contribution in [-0.2, 0) is 6.54 Å². The quantitative estimate of drug-likeness (QED) is 0.807. The summed E-state index contributed by atoms with van der Waals surface area (Å²) in [7, 11) is 0. The Balaban J connectivity index is 1.64. The van der Waals surface area contributed by atoms with Crippen LogP contribution in [0.3, 0.4) is 0 Å². The lowest BCUT2D eigenvalue weighted by Gasteiger charge is -2.30. The van der Waals surface area contributed by atoms with Gasteiger partial charge in [-0.3, -0.25) is 4.79 Å². The lowest BCUT2D eigenvalue weighted by molar-refractivity contribution is 0.0663. The molecule has 1 aliphatic heterocycles. The van der Waals surface area contributed by atoms with Crippen molar-refractivity contribution in [1.29, 1.82) is 0 Å². The van der Waals surface area contributed by atoms with Crippen molar-refractivity contribution in [2.75, 3.05) is 6.79 Å². The summed E-state index contributed by atoms with van der Waals surface area (Å²) >= 11 is 0. The van der Waals surface area contributed by atoms with Crippen molar-refractivity contribution in [2.24, 2.45) is 0 Å². The minimum Gasteiger partial charge on any atom is -0.454 e. The van der Waals surface area contributed by atoms with Crippen LogP contribution in [0.2, 0.25) is 0 Å². The zero-order valence-corrected chi connectivity index (χ0v) is 15.5. The fourth-order valence-corrected chi connectivity index (χ4v) is 3.94. The summed E-state index contributed by atoms with van der Waals surface area (Å²) in [5.41, 5.74) is 4.06. The number of hydrogen-bond donors (Lipinski definition) is 0. The third kappa shape index (κ3) is 3.28. The number of aryl methyl sites for hydroxylation is 2. The van der Waals surface area contributed by atoms with E-state index in [4.69, 9.17) is 9.47 Å². The first-order valence-corrected chi connectivity index (χ1v) is 9.38. The maximum Gasteiger partial charge on any atom is 0.254 e. The van der Waals surface area contributed by atoms with Gasteiger partial charge in [-0.05, 0) is 56.0 Å². The lowest BCUT2D eigenvalue weighted by atomic mass is 10.0. The first kappa shape index (κ1) is 17.0.